The predicted octanol–water partition coefficient (Wildman–Crippen LogP) is -0.229. The average Bonchev–Trinajstić information content (AvgIpc) is 3.48. The van der Waals surface area contributed by atoms with Gasteiger partial charge in [0.05, 0.1) is 24.1 Å². The molecule has 0 saturated carbocycles. The summed E-state index contributed by atoms with van der Waals surface area (Å²) in [7, 11) is 0. The highest BCUT2D eigenvalue weighted by Gasteiger charge is 2.20. The third kappa shape index (κ3) is 4.41. The average molecular weight is 655 g/mol. The van der Waals surface area contributed by atoms with E-state index in [9.17, 15) is 0 Å². The molecule has 0 amide bonds. The van der Waals surface area contributed by atoms with Crippen molar-refractivity contribution in [1.29, 1.82) is 0 Å². The highest BCUT2D eigenvalue weighted by molar-refractivity contribution is 5.95. The zero-order chi connectivity index (χ0) is 25.1. The van der Waals surface area contributed by atoms with Gasteiger partial charge in [-0.3, -0.25) is 0 Å². The molecule has 0 atom stereocenters. The van der Waals surface area contributed by atoms with Crippen LogP contribution in [0, 0.1) is 0 Å². The molecule has 0 unspecified atom stereocenters. The first-order valence-electron chi connectivity index (χ1n) is 13.6. The number of nitrogens with zero attached hydrogens (tertiary/aromatic N) is 5. The summed E-state index contributed by atoms with van der Waals surface area (Å²) in [6, 6.07) is 33.0. The molecule has 7 heteroatoms. The maximum atomic E-state index is 5.36. The molecular formula is C33H29Br2N5. The predicted molar refractivity (Wildman–Crippen MR) is 151 cm³/mol. The van der Waals surface area contributed by atoms with Gasteiger partial charge in [0.25, 0.3) is 0 Å². The second kappa shape index (κ2) is 10.8. The molecular weight excluding hydrogens is 626 g/mol. The van der Waals surface area contributed by atoms with Crippen LogP contribution in [0.15, 0.2) is 104 Å². The van der Waals surface area contributed by atoms with Gasteiger partial charge in [-0.1, -0.05) is 60.7 Å². The third-order valence-corrected chi connectivity index (χ3v) is 8.12. The van der Waals surface area contributed by atoms with Crippen LogP contribution in [0.25, 0.3) is 43.9 Å². The number of halogens is 2. The van der Waals surface area contributed by atoms with E-state index in [1.807, 2.05) is 0 Å². The number of hydrogen-bond acceptors (Lipinski definition) is 1. The molecule has 3 aromatic heterocycles. The number of pyridine rings is 1. The van der Waals surface area contributed by atoms with E-state index in [-0.39, 0.29) is 34.0 Å². The van der Waals surface area contributed by atoms with Crippen molar-refractivity contribution in [2.24, 2.45) is 0 Å². The van der Waals surface area contributed by atoms with E-state index in [2.05, 4.69) is 122 Å². The Bertz CT molecular complexity index is 1860. The fourth-order valence-electron chi connectivity index (χ4n) is 6.29. The summed E-state index contributed by atoms with van der Waals surface area (Å²) in [6.07, 6.45) is 6.85. The smallest absolute Gasteiger partial charge is 0.245 e. The molecule has 0 spiro atoms. The van der Waals surface area contributed by atoms with Crippen molar-refractivity contribution in [3.8, 4) is 0 Å². The molecule has 5 nitrogen and oxygen atoms in total. The lowest BCUT2D eigenvalue weighted by Crippen LogP contribution is -3.00. The number of aromatic nitrogens is 5. The van der Waals surface area contributed by atoms with Gasteiger partial charge in [-0.05, 0) is 43.2 Å². The molecule has 7 aromatic rings. The van der Waals surface area contributed by atoms with E-state index in [4.69, 9.17) is 4.98 Å². The molecule has 0 radical (unpaired) electrons. The quantitative estimate of drug-likeness (QED) is 0.164. The molecule has 0 fully saturated rings. The Kier molecular flexibility index (Phi) is 7.19. The minimum atomic E-state index is 0. The van der Waals surface area contributed by atoms with Crippen molar-refractivity contribution in [2.45, 2.75) is 39.0 Å². The van der Waals surface area contributed by atoms with E-state index in [0.29, 0.717) is 0 Å². The zero-order valence-electron chi connectivity index (χ0n) is 22.0. The molecule has 1 aliphatic rings. The lowest BCUT2D eigenvalue weighted by atomic mass is 10.0. The summed E-state index contributed by atoms with van der Waals surface area (Å²) in [5, 5.41) is 2.39. The number of benzene rings is 4. The van der Waals surface area contributed by atoms with Crippen LogP contribution in [0.4, 0.5) is 0 Å². The van der Waals surface area contributed by atoms with Crippen molar-refractivity contribution in [3.63, 3.8) is 0 Å². The highest BCUT2D eigenvalue weighted by Crippen LogP contribution is 2.26. The van der Waals surface area contributed by atoms with Gasteiger partial charge in [0, 0.05) is 21.9 Å². The highest BCUT2D eigenvalue weighted by atomic mass is 79.9. The number of hydrogen-bond donors (Lipinski definition) is 0. The Morgan fingerprint density at radius 1 is 0.550 bits per heavy atom. The SMILES string of the molecule is [Br-].[Br-].c1cc2c3nc4c(cccc4cc3c1)C[n+]1cn(c3ccccc31)CCCCn1c[n+](c3ccccc31)C2. The van der Waals surface area contributed by atoms with Gasteiger partial charge in [0.15, 0.2) is 22.1 Å². The molecule has 1 aliphatic heterocycles. The van der Waals surface area contributed by atoms with E-state index < -0.39 is 0 Å². The first-order chi connectivity index (χ1) is 18.8. The van der Waals surface area contributed by atoms with E-state index >= 15 is 0 Å². The molecule has 0 N–H and O–H groups in total. The number of imidazole rings is 2. The second-order valence-electron chi connectivity index (χ2n) is 10.5. The maximum Gasteiger partial charge on any atom is 0.245 e. The Morgan fingerprint density at radius 2 is 1.02 bits per heavy atom. The molecule has 0 aliphatic carbocycles. The van der Waals surface area contributed by atoms with Crippen molar-refractivity contribution in [2.75, 3.05) is 0 Å². The van der Waals surface area contributed by atoms with Crippen LogP contribution in [-0.2, 0) is 26.2 Å². The standard InChI is InChI=1S/C33H29N5.2BrH/c1-3-15-30-28(13-1)35-17-5-6-18-36-23-38(31-16-4-2-14-29(31)36)21-27-12-8-10-25-19-24-9-7-11-26(20-37(30)22-35)32(24)34-33(25)27;;/h1-4,7-16,19,22-23H,5-6,17-18,20-21H2;2*1H/q+2;;/p-2. The summed E-state index contributed by atoms with van der Waals surface area (Å²) in [4.78, 5) is 5.36. The van der Waals surface area contributed by atoms with Crippen LogP contribution < -0.4 is 43.1 Å². The molecule has 8 rings (SSSR count). The van der Waals surface area contributed by atoms with Gasteiger partial charge < -0.3 is 34.0 Å². The van der Waals surface area contributed by atoms with Crippen molar-refractivity contribution < 1.29 is 43.1 Å². The molecule has 40 heavy (non-hydrogen) atoms. The first-order valence-corrected chi connectivity index (χ1v) is 13.6. The van der Waals surface area contributed by atoms with Gasteiger partial charge in [0.2, 0.25) is 12.7 Å². The number of rotatable bonds is 0. The van der Waals surface area contributed by atoms with E-state index in [1.165, 1.54) is 44.0 Å². The topological polar surface area (TPSA) is 30.5 Å². The Morgan fingerprint density at radius 3 is 1.52 bits per heavy atom. The molecule has 4 aromatic carbocycles. The van der Waals surface area contributed by atoms with Gasteiger partial charge in [0.1, 0.15) is 13.1 Å². The second-order valence-corrected chi connectivity index (χ2v) is 10.5. The largest absolute Gasteiger partial charge is 1.00 e. The summed E-state index contributed by atoms with van der Waals surface area (Å²) in [6.45, 7) is 3.61. The Labute approximate surface area is 253 Å². The van der Waals surface area contributed by atoms with Crippen LogP contribution in [0.1, 0.15) is 24.0 Å². The Balaban J connectivity index is 0.00000145. The summed E-state index contributed by atoms with van der Waals surface area (Å²) in [5.41, 5.74) is 9.80. The van der Waals surface area contributed by atoms with Gasteiger partial charge in [-0.25, -0.2) is 23.3 Å². The summed E-state index contributed by atoms with van der Waals surface area (Å²) >= 11 is 0. The van der Waals surface area contributed by atoms with Crippen LogP contribution >= 0.6 is 0 Å². The zero-order valence-corrected chi connectivity index (χ0v) is 25.2. The summed E-state index contributed by atoms with van der Waals surface area (Å²) < 4.78 is 9.63. The monoisotopic (exact) mass is 653 g/mol. The molecule has 0 saturated heterocycles. The van der Waals surface area contributed by atoms with E-state index in [0.717, 1.165) is 50.1 Å². The molecule has 4 heterocycles. The number of aryl methyl sites for hydroxylation is 2. The maximum absolute atomic E-state index is 5.36. The minimum Gasteiger partial charge on any atom is -1.00 e. The van der Waals surface area contributed by atoms with Crippen LogP contribution in [0.3, 0.4) is 0 Å². The van der Waals surface area contributed by atoms with Crippen molar-refractivity contribution >= 4 is 43.9 Å². The first kappa shape index (κ1) is 26.7. The van der Waals surface area contributed by atoms with Crippen LogP contribution in [-0.4, -0.2) is 14.1 Å². The normalized spacial score (nSPS) is 13.5. The summed E-state index contributed by atoms with van der Waals surface area (Å²) in [5.74, 6) is 0. The van der Waals surface area contributed by atoms with Crippen molar-refractivity contribution in [1.82, 2.24) is 14.1 Å². The molecule has 6 bridgehead atoms. The van der Waals surface area contributed by atoms with E-state index in [1.54, 1.807) is 0 Å². The van der Waals surface area contributed by atoms with Gasteiger partial charge in [-0.15, -0.1) is 0 Å². The lowest BCUT2D eigenvalue weighted by molar-refractivity contribution is -0.663. The van der Waals surface area contributed by atoms with Crippen LogP contribution in [0.2, 0.25) is 0 Å². The fourth-order valence-corrected chi connectivity index (χ4v) is 6.29. The van der Waals surface area contributed by atoms with Crippen molar-refractivity contribution in [3.05, 3.63) is 115 Å². The third-order valence-electron chi connectivity index (χ3n) is 8.12. The number of fused-ring (bicyclic) bond motifs is 10. The van der Waals surface area contributed by atoms with Gasteiger partial charge >= 0.3 is 0 Å². The molecule has 200 valence electrons. The minimum absolute atomic E-state index is 0. The van der Waals surface area contributed by atoms with Crippen LogP contribution in [0.5, 0.6) is 0 Å². The fraction of sp³-hybridized carbons (Fsp3) is 0.182. The lowest BCUT2D eigenvalue weighted by Gasteiger charge is -2.09. The Hall–Kier alpha value is -3.55. The number of para-hydroxylation sites is 6. The van der Waals surface area contributed by atoms with Gasteiger partial charge in [-0.2, -0.15) is 0 Å².